The highest BCUT2D eigenvalue weighted by atomic mass is 16.6. The molecule has 0 aliphatic carbocycles. The summed E-state index contributed by atoms with van der Waals surface area (Å²) in [5.41, 5.74) is 0. The molecule has 1 aliphatic heterocycles. The van der Waals surface area contributed by atoms with Crippen LogP contribution >= 0.6 is 0 Å². The minimum absolute atomic E-state index is 0.106. The third-order valence-electron chi connectivity index (χ3n) is 3.02. The van der Waals surface area contributed by atoms with Gasteiger partial charge < -0.3 is 24.8 Å². The second kappa shape index (κ2) is 7.45. The van der Waals surface area contributed by atoms with E-state index in [9.17, 15) is 15.3 Å². The summed E-state index contributed by atoms with van der Waals surface area (Å²) in [6.07, 6.45) is -1.73. The third-order valence-corrected chi connectivity index (χ3v) is 3.02. The Balaban J connectivity index is 2.68. The number of aliphatic hydroxyl groups is 3. The van der Waals surface area contributed by atoms with Crippen LogP contribution in [-0.4, -0.2) is 65.7 Å². The van der Waals surface area contributed by atoms with E-state index in [0.717, 1.165) is 12.7 Å². The van der Waals surface area contributed by atoms with E-state index in [0.29, 0.717) is 0 Å². The summed E-state index contributed by atoms with van der Waals surface area (Å²) < 4.78 is 11.1. The third kappa shape index (κ3) is 3.93. The maximum absolute atomic E-state index is 10.1. The van der Waals surface area contributed by atoms with E-state index in [1.54, 1.807) is 0 Å². The van der Waals surface area contributed by atoms with Gasteiger partial charge >= 0.3 is 0 Å². The largest absolute Gasteiger partial charge is 0.394 e. The highest BCUT2D eigenvalue weighted by molar-refractivity contribution is 6.37. The number of ether oxygens (including phenoxy) is 2. The van der Waals surface area contributed by atoms with Gasteiger partial charge in [-0.1, -0.05) is 19.7 Å². The van der Waals surface area contributed by atoms with Crippen molar-refractivity contribution in [3.05, 3.63) is 0 Å². The molecule has 3 N–H and O–H groups in total. The fourth-order valence-electron chi connectivity index (χ4n) is 2.12. The molecule has 0 amide bonds. The number of aliphatic hydroxyl groups excluding tert-OH is 3. The molecule has 18 heavy (non-hydrogen) atoms. The molecule has 0 bridgehead atoms. The molecule has 5 nitrogen and oxygen atoms in total. The lowest BCUT2D eigenvalue weighted by molar-refractivity contribution is -0.231. The number of hydrogen-bond donors (Lipinski definition) is 3. The summed E-state index contributed by atoms with van der Waals surface area (Å²) in [4.78, 5) is 0. The zero-order valence-corrected chi connectivity index (χ0v) is 11.3. The lowest BCUT2D eigenvalue weighted by Gasteiger charge is -2.43. The monoisotopic (exact) mass is 259 g/mol. The molecule has 1 rings (SSSR count). The second-order valence-corrected chi connectivity index (χ2v) is 4.98. The predicted octanol–water partition coefficient (Wildman–Crippen LogP) is -0.249. The lowest BCUT2D eigenvalue weighted by Crippen LogP contribution is -2.61. The number of rotatable bonds is 6. The first-order chi connectivity index (χ1) is 8.51. The summed E-state index contributed by atoms with van der Waals surface area (Å²) in [6, 6.07) is -0.552. The van der Waals surface area contributed by atoms with Crippen LogP contribution in [0, 0.1) is 0 Å². The zero-order valence-electron chi connectivity index (χ0n) is 11.3. The van der Waals surface area contributed by atoms with E-state index in [2.05, 4.69) is 0 Å². The molecule has 1 aliphatic rings. The molecule has 1 heterocycles. The van der Waals surface area contributed by atoms with Crippen molar-refractivity contribution in [2.75, 3.05) is 6.61 Å². The minimum atomic E-state index is -1.04. The van der Waals surface area contributed by atoms with Gasteiger partial charge in [-0.3, -0.25) is 0 Å². The first kappa shape index (κ1) is 15.9. The smallest absolute Gasteiger partial charge is 0.153 e. The Labute approximate surface area is 109 Å². The van der Waals surface area contributed by atoms with Crippen molar-refractivity contribution in [2.45, 2.75) is 70.0 Å². The predicted molar refractivity (Wildman–Crippen MR) is 68.6 cm³/mol. The molecule has 2 unspecified atom stereocenters. The van der Waals surface area contributed by atoms with Crippen LogP contribution in [0.3, 0.4) is 0 Å². The minimum Gasteiger partial charge on any atom is -0.394 e. The van der Waals surface area contributed by atoms with Gasteiger partial charge in [0.25, 0.3) is 0 Å². The standard InChI is InChI=1S/C12H24BO5/c1-4-5-13-12-10(16)9(15)11(17-7(2)3)8(6-14)18-12/h7-12,14-16H,4-6H2,1-3H3/t8?,9-,10?,11-,12-/m1/s1. The quantitative estimate of drug-likeness (QED) is 0.573. The first-order valence-electron chi connectivity index (χ1n) is 6.62. The molecular formula is C12H24BO5. The van der Waals surface area contributed by atoms with Crippen LogP contribution < -0.4 is 0 Å². The molecule has 105 valence electrons. The maximum Gasteiger partial charge on any atom is 0.153 e. The van der Waals surface area contributed by atoms with Crippen LogP contribution in [0.25, 0.3) is 0 Å². The van der Waals surface area contributed by atoms with Crippen molar-refractivity contribution in [2.24, 2.45) is 0 Å². The van der Waals surface area contributed by atoms with E-state index >= 15 is 0 Å². The van der Waals surface area contributed by atoms with Crippen LogP contribution in [0.15, 0.2) is 0 Å². The van der Waals surface area contributed by atoms with Gasteiger partial charge in [0.05, 0.1) is 18.7 Å². The van der Waals surface area contributed by atoms with Crippen molar-refractivity contribution >= 4 is 7.28 Å². The molecular weight excluding hydrogens is 235 g/mol. The fourth-order valence-corrected chi connectivity index (χ4v) is 2.12. The van der Waals surface area contributed by atoms with E-state index in [1.807, 2.05) is 28.1 Å². The summed E-state index contributed by atoms with van der Waals surface area (Å²) in [5, 5.41) is 29.4. The van der Waals surface area contributed by atoms with Gasteiger partial charge in [-0.2, -0.15) is 0 Å². The molecule has 6 heteroatoms. The summed E-state index contributed by atoms with van der Waals surface area (Å²) in [5.74, 6) is 0. The van der Waals surface area contributed by atoms with Crippen molar-refractivity contribution in [3.63, 3.8) is 0 Å². The normalized spacial score (nSPS) is 36.9. The van der Waals surface area contributed by atoms with Crippen LogP contribution in [0.2, 0.25) is 6.32 Å². The molecule has 0 aromatic heterocycles. The van der Waals surface area contributed by atoms with Gasteiger partial charge in [0.1, 0.15) is 24.4 Å². The molecule has 0 spiro atoms. The highest BCUT2D eigenvalue weighted by Crippen LogP contribution is 2.24. The lowest BCUT2D eigenvalue weighted by atomic mass is 9.63. The Morgan fingerprint density at radius 3 is 2.44 bits per heavy atom. The van der Waals surface area contributed by atoms with Gasteiger partial charge in [0.15, 0.2) is 7.28 Å². The van der Waals surface area contributed by atoms with Gasteiger partial charge in [-0.25, -0.2) is 0 Å². The summed E-state index contributed by atoms with van der Waals surface area (Å²) >= 11 is 0. The second-order valence-electron chi connectivity index (χ2n) is 4.98. The molecule has 0 aromatic rings. The van der Waals surface area contributed by atoms with Gasteiger partial charge in [0.2, 0.25) is 0 Å². The Hall–Kier alpha value is -0.135. The summed E-state index contributed by atoms with van der Waals surface area (Å²) in [7, 11) is 1.84. The van der Waals surface area contributed by atoms with Crippen molar-refractivity contribution in [1.82, 2.24) is 0 Å². The van der Waals surface area contributed by atoms with E-state index < -0.39 is 30.4 Å². The van der Waals surface area contributed by atoms with Gasteiger partial charge in [-0.05, 0) is 13.8 Å². The zero-order chi connectivity index (χ0) is 13.7. The van der Waals surface area contributed by atoms with Crippen molar-refractivity contribution in [3.8, 4) is 0 Å². The SMILES string of the molecule is CCC[B][C@@H]1OC(CO)[C@@H](OC(C)C)[C@H](O)C1O. The molecule has 1 radical (unpaired) electrons. The Bertz CT molecular complexity index is 237. The first-order valence-corrected chi connectivity index (χ1v) is 6.62. The molecule has 0 aromatic carbocycles. The highest BCUT2D eigenvalue weighted by Gasteiger charge is 2.44. The Morgan fingerprint density at radius 1 is 1.28 bits per heavy atom. The van der Waals surface area contributed by atoms with E-state index in [-0.39, 0.29) is 12.7 Å². The summed E-state index contributed by atoms with van der Waals surface area (Å²) in [6.45, 7) is 5.46. The molecule has 5 atom stereocenters. The van der Waals surface area contributed by atoms with E-state index in [1.165, 1.54) is 0 Å². The topological polar surface area (TPSA) is 79.2 Å². The maximum atomic E-state index is 10.1. The number of hydrogen-bond acceptors (Lipinski definition) is 5. The van der Waals surface area contributed by atoms with Crippen molar-refractivity contribution < 1.29 is 24.8 Å². The van der Waals surface area contributed by atoms with E-state index in [4.69, 9.17) is 9.47 Å². The van der Waals surface area contributed by atoms with Gasteiger partial charge in [0, 0.05) is 0 Å². The molecule has 0 saturated carbocycles. The average Bonchev–Trinajstić information content (AvgIpc) is 2.34. The van der Waals surface area contributed by atoms with Crippen LogP contribution in [0.5, 0.6) is 0 Å². The molecule has 1 saturated heterocycles. The van der Waals surface area contributed by atoms with Crippen LogP contribution in [0.1, 0.15) is 27.2 Å². The average molecular weight is 259 g/mol. The van der Waals surface area contributed by atoms with Crippen LogP contribution in [0.4, 0.5) is 0 Å². The Morgan fingerprint density at radius 2 is 1.94 bits per heavy atom. The fraction of sp³-hybridized carbons (Fsp3) is 1.00. The van der Waals surface area contributed by atoms with Crippen molar-refractivity contribution in [1.29, 1.82) is 0 Å². The molecule has 1 fully saturated rings. The Kier molecular flexibility index (Phi) is 6.59. The van der Waals surface area contributed by atoms with Crippen LogP contribution in [-0.2, 0) is 9.47 Å². The van der Waals surface area contributed by atoms with Gasteiger partial charge in [-0.15, -0.1) is 0 Å².